The first-order valence-corrected chi connectivity index (χ1v) is 4.21. The Morgan fingerprint density at radius 1 is 1.00 bits per heavy atom. The second-order valence-electron chi connectivity index (χ2n) is 3.78. The van der Waals surface area contributed by atoms with E-state index in [9.17, 15) is 10.2 Å². The lowest BCUT2D eigenvalue weighted by Crippen LogP contribution is -2.36. The van der Waals surface area contributed by atoms with Crippen LogP contribution in [0.3, 0.4) is 0 Å². The lowest BCUT2D eigenvalue weighted by molar-refractivity contribution is -0.0241. The van der Waals surface area contributed by atoms with E-state index in [0.717, 1.165) is 6.42 Å². The molecule has 0 amide bonds. The molecule has 0 radical (unpaired) electrons. The molecular weight excluding hydrogens is 144 g/mol. The quantitative estimate of drug-likeness (QED) is 0.475. The standard InChI is InChI=1S/C8H14O3/c9-3-6-4-1-5(4)7(10)2-8(6)11/h4-11H,1-3H2/t4-,5+,6+,7+,8+/m1/s1. The van der Waals surface area contributed by atoms with Gasteiger partial charge in [0.1, 0.15) is 0 Å². The van der Waals surface area contributed by atoms with Gasteiger partial charge in [-0.15, -0.1) is 0 Å². The van der Waals surface area contributed by atoms with Gasteiger partial charge in [0.2, 0.25) is 0 Å². The van der Waals surface area contributed by atoms with Crippen LogP contribution in [0.15, 0.2) is 0 Å². The minimum Gasteiger partial charge on any atom is -0.396 e. The average Bonchev–Trinajstić information content (AvgIpc) is 2.67. The normalized spacial score (nSPS) is 55.4. The highest BCUT2D eigenvalue weighted by Gasteiger charge is 2.53. The molecular formula is C8H14O3. The predicted molar refractivity (Wildman–Crippen MR) is 38.8 cm³/mol. The van der Waals surface area contributed by atoms with Crippen LogP contribution in [0.4, 0.5) is 0 Å². The van der Waals surface area contributed by atoms with Gasteiger partial charge in [-0.25, -0.2) is 0 Å². The summed E-state index contributed by atoms with van der Waals surface area (Å²) in [5, 5.41) is 27.7. The third-order valence-corrected chi connectivity index (χ3v) is 3.12. The SMILES string of the molecule is OC[C@H]1[C@@H]2C[C@@H]2[C@@H](O)C[C@@H]1O. The van der Waals surface area contributed by atoms with E-state index in [1.165, 1.54) is 0 Å². The summed E-state index contributed by atoms with van der Waals surface area (Å²) in [4.78, 5) is 0. The van der Waals surface area contributed by atoms with Crippen molar-refractivity contribution in [2.24, 2.45) is 17.8 Å². The molecule has 0 bridgehead atoms. The monoisotopic (exact) mass is 158 g/mol. The van der Waals surface area contributed by atoms with Crippen molar-refractivity contribution in [3.05, 3.63) is 0 Å². The maximum Gasteiger partial charge on any atom is 0.0617 e. The van der Waals surface area contributed by atoms with Crippen molar-refractivity contribution in [2.45, 2.75) is 25.0 Å². The highest BCUT2D eigenvalue weighted by atomic mass is 16.3. The molecule has 2 fully saturated rings. The summed E-state index contributed by atoms with van der Waals surface area (Å²) in [6, 6.07) is 0. The molecule has 0 heterocycles. The van der Waals surface area contributed by atoms with Crippen LogP contribution >= 0.6 is 0 Å². The van der Waals surface area contributed by atoms with Crippen LogP contribution < -0.4 is 0 Å². The van der Waals surface area contributed by atoms with Crippen LogP contribution in [0.1, 0.15) is 12.8 Å². The number of aliphatic hydroxyl groups is 3. The molecule has 0 aliphatic heterocycles. The molecule has 3 nitrogen and oxygen atoms in total. The number of hydrogen-bond donors (Lipinski definition) is 3. The van der Waals surface area contributed by atoms with Crippen molar-refractivity contribution in [1.82, 2.24) is 0 Å². The first-order chi connectivity index (χ1) is 5.24. The van der Waals surface area contributed by atoms with Gasteiger partial charge < -0.3 is 15.3 Å². The summed E-state index contributed by atoms with van der Waals surface area (Å²) in [5.41, 5.74) is 0. The Hall–Kier alpha value is -0.120. The summed E-state index contributed by atoms with van der Waals surface area (Å²) >= 11 is 0. The van der Waals surface area contributed by atoms with Crippen LogP contribution in [0.25, 0.3) is 0 Å². The first-order valence-electron chi connectivity index (χ1n) is 4.21. The van der Waals surface area contributed by atoms with E-state index in [0.29, 0.717) is 18.3 Å². The summed E-state index contributed by atoms with van der Waals surface area (Å²) in [6.45, 7) is 0.0645. The molecule has 0 saturated heterocycles. The zero-order valence-corrected chi connectivity index (χ0v) is 6.35. The van der Waals surface area contributed by atoms with Gasteiger partial charge in [-0.05, 0) is 24.7 Å². The van der Waals surface area contributed by atoms with E-state index >= 15 is 0 Å². The molecule has 2 aliphatic carbocycles. The topological polar surface area (TPSA) is 60.7 Å². The van der Waals surface area contributed by atoms with E-state index in [2.05, 4.69) is 0 Å². The fraction of sp³-hybridized carbons (Fsp3) is 1.00. The zero-order valence-electron chi connectivity index (χ0n) is 6.35. The molecule has 0 spiro atoms. The summed E-state index contributed by atoms with van der Waals surface area (Å²) in [7, 11) is 0. The minimum atomic E-state index is -0.487. The second kappa shape index (κ2) is 2.44. The maximum atomic E-state index is 9.42. The van der Waals surface area contributed by atoms with E-state index in [4.69, 9.17) is 5.11 Å². The molecule has 2 aliphatic rings. The molecule has 0 aromatic carbocycles. The van der Waals surface area contributed by atoms with E-state index < -0.39 is 6.10 Å². The minimum absolute atomic E-state index is 0.0309. The van der Waals surface area contributed by atoms with Crippen LogP contribution in [-0.2, 0) is 0 Å². The maximum absolute atomic E-state index is 9.42. The number of fused-ring (bicyclic) bond motifs is 1. The molecule has 11 heavy (non-hydrogen) atoms. The Labute approximate surface area is 65.7 Å². The van der Waals surface area contributed by atoms with Gasteiger partial charge in [0.25, 0.3) is 0 Å². The van der Waals surface area contributed by atoms with Gasteiger partial charge >= 0.3 is 0 Å². The number of rotatable bonds is 1. The van der Waals surface area contributed by atoms with Crippen LogP contribution in [-0.4, -0.2) is 34.1 Å². The Bertz CT molecular complexity index is 157. The third kappa shape index (κ3) is 1.08. The summed E-state index contributed by atoms with van der Waals surface area (Å²) in [5.74, 6) is 0.790. The molecule has 0 aromatic heterocycles. The highest BCUT2D eigenvalue weighted by molar-refractivity contribution is 5.02. The van der Waals surface area contributed by atoms with Gasteiger partial charge in [-0.2, -0.15) is 0 Å². The summed E-state index contributed by atoms with van der Waals surface area (Å²) < 4.78 is 0. The lowest BCUT2D eigenvalue weighted by atomic mass is 9.85. The molecule has 3 N–H and O–H groups in total. The first kappa shape index (κ1) is 7.53. The Balaban J connectivity index is 2.03. The molecule has 2 rings (SSSR count). The Morgan fingerprint density at radius 2 is 1.73 bits per heavy atom. The zero-order chi connectivity index (χ0) is 8.01. The molecule has 0 aromatic rings. The van der Waals surface area contributed by atoms with Crippen LogP contribution in [0.5, 0.6) is 0 Å². The summed E-state index contributed by atoms with van der Waals surface area (Å²) in [6.07, 6.45) is 0.632. The highest BCUT2D eigenvalue weighted by Crippen LogP contribution is 2.52. The van der Waals surface area contributed by atoms with E-state index in [1.54, 1.807) is 0 Å². The van der Waals surface area contributed by atoms with Gasteiger partial charge in [0, 0.05) is 12.5 Å². The van der Waals surface area contributed by atoms with Crippen molar-refractivity contribution < 1.29 is 15.3 Å². The van der Waals surface area contributed by atoms with E-state index in [-0.39, 0.29) is 18.6 Å². The largest absolute Gasteiger partial charge is 0.396 e. The lowest BCUT2D eigenvalue weighted by Gasteiger charge is -2.28. The third-order valence-electron chi connectivity index (χ3n) is 3.12. The van der Waals surface area contributed by atoms with Gasteiger partial charge in [0.05, 0.1) is 12.2 Å². The van der Waals surface area contributed by atoms with Crippen molar-refractivity contribution in [2.75, 3.05) is 6.61 Å². The molecule has 3 heteroatoms. The van der Waals surface area contributed by atoms with Crippen molar-refractivity contribution in [3.8, 4) is 0 Å². The molecule has 0 unspecified atom stereocenters. The Kier molecular flexibility index (Phi) is 1.67. The number of hydrogen-bond acceptors (Lipinski definition) is 3. The fourth-order valence-corrected chi connectivity index (χ4v) is 2.31. The van der Waals surface area contributed by atoms with Crippen molar-refractivity contribution in [3.63, 3.8) is 0 Å². The Morgan fingerprint density at radius 3 is 2.36 bits per heavy atom. The smallest absolute Gasteiger partial charge is 0.0617 e. The molecule has 2 saturated carbocycles. The van der Waals surface area contributed by atoms with E-state index in [1.807, 2.05) is 0 Å². The predicted octanol–water partition coefficient (Wildman–Crippen LogP) is -0.644. The van der Waals surface area contributed by atoms with Gasteiger partial charge in [-0.3, -0.25) is 0 Å². The van der Waals surface area contributed by atoms with Crippen LogP contribution in [0, 0.1) is 17.8 Å². The average molecular weight is 158 g/mol. The van der Waals surface area contributed by atoms with Gasteiger partial charge in [-0.1, -0.05) is 0 Å². The fourth-order valence-electron chi connectivity index (χ4n) is 2.31. The van der Waals surface area contributed by atoms with Crippen molar-refractivity contribution in [1.29, 1.82) is 0 Å². The number of aliphatic hydroxyl groups excluding tert-OH is 3. The van der Waals surface area contributed by atoms with Crippen molar-refractivity contribution >= 4 is 0 Å². The molecule has 5 atom stereocenters. The second-order valence-corrected chi connectivity index (χ2v) is 3.78. The van der Waals surface area contributed by atoms with Crippen LogP contribution in [0.2, 0.25) is 0 Å². The molecule has 64 valence electrons. The van der Waals surface area contributed by atoms with Gasteiger partial charge in [0.15, 0.2) is 0 Å².